The van der Waals surface area contributed by atoms with E-state index in [4.69, 9.17) is 15.5 Å². The summed E-state index contributed by atoms with van der Waals surface area (Å²) in [4.78, 5) is 16.3. The van der Waals surface area contributed by atoms with E-state index in [-0.39, 0.29) is 0 Å². The van der Waals surface area contributed by atoms with Gasteiger partial charge in [0, 0.05) is 25.0 Å². The van der Waals surface area contributed by atoms with Crippen molar-refractivity contribution in [1.29, 1.82) is 0 Å². The van der Waals surface area contributed by atoms with Gasteiger partial charge in [0.15, 0.2) is 0 Å². The molecule has 0 bridgehead atoms. The molecule has 0 aliphatic carbocycles. The van der Waals surface area contributed by atoms with Crippen LogP contribution in [0.5, 0.6) is 5.75 Å². The number of nitrogens with two attached hydrogens (primary N) is 1. The SMILES string of the molecule is CCC1(Oc2ccc3c(c2)nc(Nc2ccc(C)cc2)n3C)C=CNC(C(N)=O)=C1. The maximum Gasteiger partial charge on any atom is 0.264 e. The Balaban J connectivity index is 1.63. The fraction of sp³-hybridized carbons (Fsp3) is 0.217. The maximum atomic E-state index is 11.6. The average molecular weight is 403 g/mol. The van der Waals surface area contributed by atoms with Gasteiger partial charge in [-0.05, 0) is 49.8 Å². The normalized spacial score (nSPS) is 18.0. The summed E-state index contributed by atoms with van der Waals surface area (Å²) in [7, 11) is 1.97. The Labute approximate surface area is 175 Å². The lowest BCUT2D eigenvalue weighted by Crippen LogP contribution is -2.38. The van der Waals surface area contributed by atoms with Gasteiger partial charge in [-0.25, -0.2) is 4.98 Å². The van der Waals surface area contributed by atoms with Crippen LogP contribution in [-0.4, -0.2) is 21.1 Å². The number of dihydropyridines is 1. The Bertz CT molecular complexity index is 1160. The standard InChI is InChI=1S/C23H25N5O2/c1-4-23(11-12-25-19(14-23)21(24)29)30-17-9-10-20-18(13-17)27-22(28(20)3)26-16-7-5-15(2)6-8-16/h5-14,25H,4H2,1-3H3,(H2,24,29)(H,26,27). The molecule has 7 heteroatoms. The minimum atomic E-state index is -0.749. The van der Waals surface area contributed by atoms with E-state index < -0.39 is 11.5 Å². The topological polar surface area (TPSA) is 94.2 Å². The molecular formula is C23H25N5O2. The van der Waals surface area contributed by atoms with Gasteiger partial charge in [0.25, 0.3) is 5.91 Å². The highest BCUT2D eigenvalue weighted by Crippen LogP contribution is 2.30. The summed E-state index contributed by atoms with van der Waals surface area (Å²) >= 11 is 0. The van der Waals surface area contributed by atoms with Crippen molar-refractivity contribution in [2.24, 2.45) is 12.8 Å². The van der Waals surface area contributed by atoms with Gasteiger partial charge in [0.05, 0.1) is 11.0 Å². The Hall–Kier alpha value is -3.74. The first kappa shape index (κ1) is 19.6. The molecule has 0 fully saturated rings. The molecule has 4 rings (SSSR count). The van der Waals surface area contributed by atoms with Crippen LogP contribution in [-0.2, 0) is 11.8 Å². The van der Waals surface area contributed by atoms with E-state index in [1.807, 2.05) is 54.9 Å². The molecule has 1 atom stereocenters. The average Bonchev–Trinajstić information content (AvgIpc) is 3.04. The van der Waals surface area contributed by atoms with Gasteiger partial charge in [0.1, 0.15) is 17.0 Å². The highest BCUT2D eigenvalue weighted by atomic mass is 16.5. The number of hydrogen-bond donors (Lipinski definition) is 3. The number of imidazole rings is 1. The molecule has 1 unspecified atom stereocenters. The van der Waals surface area contributed by atoms with Crippen LogP contribution in [0.1, 0.15) is 18.9 Å². The van der Waals surface area contributed by atoms with Gasteiger partial charge in [0.2, 0.25) is 5.95 Å². The molecule has 0 saturated heterocycles. The minimum absolute atomic E-state index is 0.322. The number of anilines is 2. The smallest absolute Gasteiger partial charge is 0.264 e. The summed E-state index contributed by atoms with van der Waals surface area (Å²) in [5, 5.41) is 6.22. The van der Waals surface area contributed by atoms with Gasteiger partial charge < -0.3 is 25.7 Å². The molecule has 0 radical (unpaired) electrons. The molecule has 1 aliphatic heterocycles. The minimum Gasteiger partial charge on any atom is -0.479 e. The monoisotopic (exact) mass is 403 g/mol. The number of ether oxygens (including phenoxy) is 1. The number of amides is 1. The molecule has 0 saturated carbocycles. The molecule has 7 nitrogen and oxygen atoms in total. The second-order valence-electron chi connectivity index (χ2n) is 7.45. The van der Waals surface area contributed by atoms with Crippen molar-refractivity contribution in [2.45, 2.75) is 25.9 Å². The highest BCUT2D eigenvalue weighted by molar-refractivity contribution is 5.92. The zero-order valence-electron chi connectivity index (χ0n) is 17.3. The number of carbonyl (C=O) groups excluding carboxylic acids is 1. The molecular weight excluding hydrogens is 378 g/mol. The summed E-state index contributed by atoms with van der Waals surface area (Å²) < 4.78 is 8.28. The molecule has 4 N–H and O–H groups in total. The summed E-state index contributed by atoms with van der Waals surface area (Å²) in [6.45, 7) is 4.05. The molecule has 30 heavy (non-hydrogen) atoms. The Morgan fingerprint density at radius 1 is 1.27 bits per heavy atom. The number of primary amides is 1. The van der Waals surface area contributed by atoms with Gasteiger partial charge in [-0.15, -0.1) is 0 Å². The van der Waals surface area contributed by atoms with Crippen molar-refractivity contribution >= 4 is 28.6 Å². The predicted molar refractivity (Wildman–Crippen MR) is 118 cm³/mol. The number of nitrogens with one attached hydrogen (secondary N) is 2. The highest BCUT2D eigenvalue weighted by Gasteiger charge is 2.29. The van der Waals surface area contributed by atoms with Gasteiger partial charge in [-0.2, -0.15) is 0 Å². The fourth-order valence-corrected chi connectivity index (χ4v) is 3.44. The number of nitrogens with zero attached hydrogens (tertiary/aromatic N) is 2. The van der Waals surface area contributed by atoms with Crippen LogP contribution in [0.25, 0.3) is 11.0 Å². The largest absolute Gasteiger partial charge is 0.479 e. The predicted octanol–water partition coefficient (Wildman–Crippen LogP) is 3.64. The van der Waals surface area contributed by atoms with E-state index in [1.54, 1.807) is 12.3 Å². The lowest BCUT2D eigenvalue weighted by atomic mass is 9.96. The van der Waals surface area contributed by atoms with Crippen molar-refractivity contribution in [3.05, 3.63) is 72.1 Å². The molecule has 1 aromatic heterocycles. The van der Waals surface area contributed by atoms with Crippen molar-refractivity contribution in [2.75, 3.05) is 5.32 Å². The van der Waals surface area contributed by atoms with Crippen LogP contribution < -0.4 is 21.1 Å². The molecule has 1 amide bonds. The first-order valence-corrected chi connectivity index (χ1v) is 9.85. The number of carbonyl (C=O) groups is 1. The number of aryl methyl sites for hydroxylation is 2. The second kappa shape index (κ2) is 7.59. The lowest BCUT2D eigenvalue weighted by Gasteiger charge is -2.30. The number of benzene rings is 2. The number of hydrogen-bond acceptors (Lipinski definition) is 5. The third-order valence-electron chi connectivity index (χ3n) is 5.28. The van der Waals surface area contributed by atoms with E-state index >= 15 is 0 Å². The van der Waals surface area contributed by atoms with Crippen LogP contribution in [0, 0.1) is 6.92 Å². The summed E-state index contributed by atoms with van der Waals surface area (Å²) in [6, 6.07) is 14.0. The Morgan fingerprint density at radius 3 is 2.73 bits per heavy atom. The second-order valence-corrected chi connectivity index (χ2v) is 7.45. The zero-order chi connectivity index (χ0) is 21.3. The first-order chi connectivity index (χ1) is 14.4. The molecule has 2 heterocycles. The Morgan fingerprint density at radius 2 is 2.03 bits per heavy atom. The zero-order valence-corrected chi connectivity index (χ0v) is 17.3. The summed E-state index contributed by atoms with van der Waals surface area (Å²) in [5.41, 5.74) is 8.97. The van der Waals surface area contributed by atoms with E-state index in [2.05, 4.69) is 29.7 Å². The fourth-order valence-electron chi connectivity index (χ4n) is 3.44. The third-order valence-corrected chi connectivity index (χ3v) is 5.28. The van der Waals surface area contributed by atoms with Crippen LogP contribution in [0.3, 0.4) is 0 Å². The van der Waals surface area contributed by atoms with Crippen LogP contribution in [0.15, 0.2) is 66.5 Å². The van der Waals surface area contributed by atoms with Crippen molar-refractivity contribution < 1.29 is 9.53 Å². The van der Waals surface area contributed by atoms with Crippen molar-refractivity contribution in [1.82, 2.24) is 14.9 Å². The van der Waals surface area contributed by atoms with Crippen LogP contribution >= 0.6 is 0 Å². The summed E-state index contributed by atoms with van der Waals surface area (Å²) in [5.74, 6) is 0.887. The van der Waals surface area contributed by atoms with Crippen LogP contribution in [0.2, 0.25) is 0 Å². The first-order valence-electron chi connectivity index (χ1n) is 9.85. The van der Waals surface area contributed by atoms with Crippen molar-refractivity contribution in [3.63, 3.8) is 0 Å². The maximum absolute atomic E-state index is 11.6. The van der Waals surface area contributed by atoms with E-state index in [0.717, 1.165) is 22.7 Å². The number of rotatable bonds is 6. The van der Waals surface area contributed by atoms with Gasteiger partial charge in [-0.3, -0.25) is 4.79 Å². The van der Waals surface area contributed by atoms with Gasteiger partial charge >= 0.3 is 0 Å². The number of aromatic nitrogens is 2. The number of fused-ring (bicyclic) bond motifs is 1. The Kier molecular flexibility index (Phi) is 4.95. The molecule has 0 spiro atoms. The lowest BCUT2D eigenvalue weighted by molar-refractivity contribution is -0.115. The van der Waals surface area contributed by atoms with E-state index in [1.165, 1.54) is 5.56 Å². The van der Waals surface area contributed by atoms with E-state index in [9.17, 15) is 4.79 Å². The third kappa shape index (κ3) is 3.74. The molecule has 3 aromatic rings. The molecule has 2 aromatic carbocycles. The van der Waals surface area contributed by atoms with Gasteiger partial charge in [-0.1, -0.05) is 24.6 Å². The molecule has 154 valence electrons. The summed E-state index contributed by atoms with van der Waals surface area (Å²) in [6.07, 6.45) is 5.93. The molecule has 1 aliphatic rings. The van der Waals surface area contributed by atoms with Crippen LogP contribution in [0.4, 0.5) is 11.6 Å². The van der Waals surface area contributed by atoms with E-state index in [0.29, 0.717) is 17.9 Å². The quantitative estimate of drug-likeness (QED) is 0.584. The van der Waals surface area contributed by atoms with Crippen molar-refractivity contribution in [3.8, 4) is 5.75 Å².